The van der Waals surface area contributed by atoms with Crippen LogP contribution >= 0.6 is 0 Å². The molecule has 1 unspecified atom stereocenters. The molecule has 2 rings (SSSR count). The fraction of sp³-hybridized carbons (Fsp3) is 0.375. The second kappa shape index (κ2) is 3.22. The van der Waals surface area contributed by atoms with Crippen molar-refractivity contribution < 1.29 is 5.11 Å². The Balaban J connectivity index is 2.61. The van der Waals surface area contributed by atoms with Crippen molar-refractivity contribution in [2.75, 3.05) is 0 Å². The van der Waals surface area contributed by atoms with E-state index in [2.05, 4.69) is 15.0 Å². The van der Waals surface area contributed by atoms with Crippen molar-refractivity contribution in [1.82, 2.24) is 19.5 Å². The summed E-state index contributed by atoms with van der Waals surface area (Å²) in [4.78, 5) is 10.8. The summed E-state index contributed by atoms with van der Waals surface area (Å²) in [7, 11) is 0. The molecule has 2 aromatic rings. The standard InChI is InChI=1S/C8H11N5O/c1-5(14)2-13-4-12-7(9)6-8(13)11-3-10-6/h3-5,9,14H,2H2,1H3,(H,10,11). The number of nitrogens with one attached hydrogen (secondary N) is 2. The summed E-state index contributed by atoms with van der Waals surface area (Å²) in [6.45, 7) is 2.12. The van der Waals surface area contributed by atoms with Crippen LogP contribution in [-0.4, -0.2) is 30.7 Å². The van der Waals surface area contributed by atoms with Crippen LogP contribution in [0.15, 0.2) is 12.7 Å². The van der Waals surface area contributed by atoms with Crippen LogP contribution in [0.1, 0.15) is 6.92 Å². The summed E-state index contributed by atoms with van der Waals surface area (Å²) in [6, 6.07) is 0. The first-order valence-electron chi connectivity index (χ1n) is 4.29. The van der Waals surface area contributed by atoms with Gasteiger partial charge in [-0.1, -0.05) is 0 Å². The summed E-state index contributed by atoms with van der Waals surface area (Å²) in [5.74, 6) is 0. The van der Waals surface area contributed by atoms with Crippen LogP contribution < -0.4 is 5.49 Å². The minimum absolute atomic E-state index is 0.166. The molecule has 14 heavy (non-hydrogen) atoms. The van der Waals surface area contributed by atoms with Gasteiger partial charge in [0.1, 0.15) is 5.52 Å². The van der Waals surface area contributed by atoms with Crippen LogP contribution in [0.25, 0.3) is 11.2 Å². The van der Waals surface area contributed by atoms with Gasteiger partial charge in [-0.3, -0.25) is 5.41 Å². The van der Waals surface area contributed by atoms with E-state index in [1.807, 2.05) is 0 Å². The van der Waals surface area contributed by atoms with E-state index in [0.29, 0.717) is 17.7 Å². The van der Waals surface area contributed by atoms with Gasteiger partial charge < -0.3 is 14.7 Å². The molecule has 0 bridgehead atoms. The van der Waals surface area contributed by atoms with Crippen LogP contribution in [0.5, 0.6) is 0 Å². The first-order chi connectivity index (χ1) is 6.68. The monoisotopic (exact) mass is 193 g/mol. The Kier molecular flexibility index (Phi) is 2.05. The molecule has 0 saturated heterocycles. The third-order valence-corrected chi connectivity index (χ3v) is 1.92. The second-order valence-corrected chi connectivity index (χ2v) is 3.20. The summed E-state index contributed by atoms with van der Waals surface area (Å²) in [5, 5.41) is 16.7. The van der Waals surface area contributed by atoms with E-state index in [1.54, 1.807) is 11.5 Å². The molecule has 74 valence electrons. The molecule has 0 amide bonds. The lowest BCUT2D eigenvalue weighted by atomic mass is 10.4. The minimum atomic E-state index is -0.460. The van der Waals surface area contributed by atoms with E-state index in [-0.39, 0.29) is 5.49 Å². The number of aromatic nitrogens is 4. The number of aliphatic hydroxyl groups excluding tert-OH is 1. The number of aromatic amines is 1. The lowest BCUT2D eigenvalue weighted by Gasteiger charge is -2.08. The molecule has 0 spiro atoms. The number of hydrogen-bond donors (Lipinski definition) is 3. The van der Waals surface area contributed by atoms with Gasteiger partial charge in [-0.2, -0.15) is 0 Å². The molecule has 0 saturated carbocycles. The maximum atomic E-state index is 9.24. The fourth-order valence-electron chi connectivity index (χ4n) is 1.34. The molecule has 6 nitrogen and oxygen atoms in total. The third kappa shape index (κ3) is 1.39. The van der Waals surface area contributed by atoms with E-state index in [1.165, 1.54) is 12.7 Å². The van der Waals surface area contributed by atoms with Gasteiger partial charge in [0.25, 0.3) is 0 Å². The molecule has 1 atom stereocenters. The molecular formula is C8H11N5O. The lowest BCUT2D eigenvalue weighted by molar-refractivity contribution is 0.174. The van der Waals surface area contributed by atoms with Crippen LogP contribution in [0.3, 0.4) is 0 Å². The molecule has 2 heterocycles. The number of aliphatic hydroxyl groups is 1. The molecule has 0 aromatic carbocycles. The van der Waals surface area contributed by atoms with Crippen molar-refractivity contribution in [3.05, 3.63) is 18.1 Å². The van der Waals surface area contributed by atoms with Crippen LogP contribution in [-0.2, 0) is 6.54 Å². The van der Waals surface area contributed by atoms with Gasteiger partial charge in [0, 0.05) is 0 Å². The molecule has 0 aliphatic rings. The largest absolute Gasteiger partial charge is 0.392 e. The maximum absolute atomic E-state index is 9.24. The van der Waals surface area contributed by atoms with E-state index >= 15 is 0 Å². The first kappa shape index (κ1) is 8.89. The van der Waals surface area contributed by atoms with Gasteiger partial charge in [-0.05, 0) is 6.92 Å². The van der Waals surface area contributed by atoms with Gasteiger partial charge in [-0.15, -0.1) is 0 Å². The predicted molar refractivity (Wildman–Crippen MR) is 49.4 cm³/mol. The summed E-state index contributed by atoms with van der Waals surface area (Å²) >= 11 is 0. The summed E-state index contributed by atoms with van der Waals surface area (Å²) in [6.07, 6.45) is 2.57. The molecule has 0 fully saturated rings. The molecule has 0 aliphatic heterocycles. The normalized spacial score (nSPS) is 13.3. The van der Waals surface area contributed by atoms with E-state index < -0.39 is 6.10 Å². The Hall–Kier alpha value is -1.69. The zero-order valence-corrected chi connectivity index (χ0v) is 7.73. The van der Waals surface area contributed by atoms with Crippen molar-refractivity contribution in [1.29, 1.82) is 5.41 Å². The number of H-pyrrole nitrogens is 1. The first-order valence-corrected chi connectivity index (χ1v) is 4.29. The lowest BCUT2D eigenvalue weighted by Crippen LogP contribution is -2.17. The highest BCUT2D eigenvalue weighted by atomic mass is 16.3. The second-order valence-electron chi connectivity index (χ2n) is 3.20. The third-order valence-electron chi connectivity index (χ3n) is 1.92. The predicted octanol–water partition coefficient (Wildman–Crippen LogP) is -0.380. The Morgan fingerprint density at radius 2 is 2.43 bits per heavy atom. The van der Waals surface area contributed by atoms with Crippen molar-refractivity contribution in [3.8, 4) is 0 Å². The number of nitrogens with zero attached hydrogens (tertiary/aromatic N) is 3. The topological polar surface area (TPSA) is 90.6 Å². The number of hydrogen-bond acceptors (Lipinski definition) is 4. The average Bonchev–Trinajstić information content (AvgIpc) is 2.58. The van der Waals surface area contributed by atoms with Crippen LogP contribution in [0.2, 0.25) is 0 Å². The van der Waals surface area contributed by atoms with Crippen molar-refractivity contribution in [2.45, 2.75) is 19.6 Å². The molecule has 6 heteroatoms. The zero-order valence-electron chi connectivity index (χ0n) is 7.73. The van der Waals surface area contributed by atoms with Gasteiger partial charge >= 0.3 is 0 Å². The Bertz CT molecular complexity index is 498. The molecule has 2 aromatic heterocycles. The molecule has 3 N–H and O–H groups in total. The van der Waals surface area contributed by atoms with Crippen molar-refractivity contribution in [2.24, 2.45) is 0 Å². The number of rotatable bonds is 2. The highest BCUT2D eigenvalue weighted by molar-refractivity contribution is 5.68. The van der Waals surface area contributed by atoms with E-state index in [0.717, 1.165) is 0 Å². The van der Waals surface area contributed by atoms with Gasteiger partial charge in [0.15, 0.2) is 11.1 Å². The smallest absolute Gasteiger partial charge is 0.173 e. The van der Waals surface area contributed by atoms with Gasteiger partial charge in [-0.25, -0.2) is 9.97 Å². The van der Waals surface area contributed by atoms with E-state index in [9.17, 15) is 5.11 Å². The van der Waals surface area contributed by atoms with Crippen molar-refractivity contribution >= 4 is 11.2 Å². The Labute approximate surface area is 79.8 Å². The number of imidazole rings is 1. The van der Waals surface area contributed by atoms with Crippen LogP contribution in [0.4, 0.5) is 0 Å². The van der Waals surface area contributed by atoms with Crippen LogP contribution in [0, 0.1) is 5.41 Å². The molecular weight excluding hydrogens is 182 g/mol. The van der Waals surface area contributed by atoms with Gasteiger partial charge in [0.05, 0.1) is 25.3 Å². The minimum Gasteiger partial charge on any atom is -0.392 e. The quantitative estimate of drug-likeness (QED) is 0.607. The maximum Gasteiger partial charge on any atom is 0.173 e. The SMILES string of the molecule is CC(O)Cn1cnc(=N)c2[nH]cnc21. The Morgan fingerprint density at radius 3 is 3.14 bits per heavy atom. The fourth-order valence-corrected chi connectivity index (χ4v) is 1.34. The highest BCUT2D eigenvalue weighted by Crippen LogP contribution is 2.03. The zero-order chi connectivity index (χ0) is 10.1. The number of fused-ring (bicyclic) bond motifs is 1. The van der Waals surface area contributed by atoms with E-state index in [4.69, 9.17) is 5.41 Å². The van der Waals surface area contributed by atoms with Gasteiger partial charge in [0.2, 0.25) is 0 Å². The Morgan fingerprint density at radius 1 is 1.64 bits per heavy atom. The average molecular weight is 193 g/mol. The van der Waals surface area contributed by atoms with Crippen molar-refractivity contribution in [3.63, 3.8) is 0 Å². The molecule has 0 aliphatic carbocycles. The molecule has 0 radical (unpaired) electrons. The summed E-state index contributed by atoms with van der Waals surface area (Å²) in [5.41, 5.74) is 1.40. The highest BCUT2D eigenvalue weighted by Gasteiger charge is 2.05. The summed E-state index contributed by atoms with van der Waals surface area (Å²) < 4.78 is 1.72.